The first-order chi connectivity index (χ1) is 17.1. The molecule has 0 unspecified atom stereocenters. The van der Waals surface area contributed by atoms with Crippen molar-refractivity contribution in [2.24, 2.45) is 0 Å². The van der Waals surface area contributed by atoms with E-state index in [0.717, 1.165) is 5.56 Å². The lowest BCUT2D eigenvalue weighted by molar-refractivity contribution is 0.103. The van der Waals surface area contributed by atoms with Gasteiger partial charge in [-0.25, -0.2) is 28.4 Å². The molecule has 0 atom stereocenters. The quantitative estimate of drug-likeness (QED) is 0.329. The van der Waals surface area contributed by atoms with Crippen LogP contribution in [0.3, 0.4) is 0 Å². The molecule has 2 N–H and O–H groups in total. The molecule has 0 saturated carbocycles. The third-order valence-electron chi connectivity index (χ3n) is 6.07. The summed E-state index contributed by atoms with van der Waals surface area (Å²) in [7, 11) is -4.09. The average molecular weight is 541 g/mol. The monoisotopic (exact) mass is 540 g/mol. The molecule has 0 aliphatic carbocycles. The third-order valence-corrected chi connectivity index (χ3v) is 7.84. The molecule has 3 aromatic heterocycles. The summed E-state index contributed by atoms with van der Waals surface area (Å²) in [6.07, 6.45) is 0. The first-order valence-electron chi connectivity index (χ1n) is 11.7. The van der Waals surface area contributed by atoms with Crippen LogP contribution in [-0.2, 0) is 15.4 Å². The molecule has 0 bridgehead atoms. The molecule has 194 valence electrons. The number of carbonyl (C=O) groups is 1. The fraction of sp³-hybridized carbons (Fsp3) is 0.346. The molecule has 0 radical (unpaired) electrons. The van der Waals surface area contributed by atoms with Crippen molar-refractivity contribution in [2.75, 3.05) is 4.72 Å². The minimum atomic E-state index is -4.09. The second-order valence-corrected chi connectivity index (χ2v) is 12.2. The zero-order chi connectivity index (χ0) is 27.4. The summed E-state index contributed by atoms with van der Waals surface area (Å²) >= 11 is 6.11. The van der Waals surface area contributed by atoms with E-state index < -0.39 is 15.8 Å². The number of pyridine rings is 1. The summed E-state index contributed by atoms with van der Waals surface area (Å²) in [5.41, 5.74) is 3.18. The summed E-state index contributed by atoms with van der Waals surface area (Å²) in [6, 6.07) is 4.43. The van der Waals surface area contributed by atoms with Gasteiger partial charge in [0.1, 0.15) is 28.6 Å². The van der Waals surface area contributed by atoms with Gasteiger partial charge in [0, 0.05) is 10.7 Å². The van der Waals surface area contributed by atoms with E-state index in [1.807, 2.05) is 27.7 Å². The highest BCUT2D eigenvalue weighted by Gasteiger charge is 2.31. The molecular weight excluding hydrogens is 512 g/mol. The number of carbonyl (C=O) groups excluding carboxylic acids is 1. The van der Waals surface area contributed by atoms with Crippen LogP contribution in [0.2, 0.25) is 5.02 Å². The van der Waals surface area contributed by atoms with Crippen LogP contribution in [0.15, 0.2) is 23.1 Å². The number of anilines is 1. The van der Waals surface area contributed by atoms with Crippen molar-refractivity contribution in [1.82, 2.24) is 24.9 Å². The number of halogens is 1. The lowest BCUT2D eigenvalue weighted by Gasteiger charge is -2.27. The normalized spacial score (nSPS) is 12.2. The van der Waals surface area contributed by atoms with Gasteiger partial charge in [0.2, 0.25) is 5.78 Å². The standard InChI is InChI=1S/C26H29ClN6O3S/c1-12-11-17(9-10-18(12)27)37(35,36)33-20-13(2)19(26(6,7)8)14(3)28-21(20)24(34)22-23-25(31-15(4)29-22)32-16(5)30-23/h9-11,33H,1-8H3,(H,29,30,31,32). The minimum absolute atomic E-state index is 0.0227. The van der Waals surface area contributed by atoms with Gasteiger partial charge < -0.3 is 4.98 Å². The van der Waals surface area contributed by atoms with E-state index in [4.69, 9.17) is 11.6 Å². The van der Waals surface area contributed by atoms with Crippen molar-refractivity contribution in [2.45, 2.75) is 65.7 Å². The molecule has 3 heterocycles. The lowest BCUT2D eigenvalue weighted by Crippen LogP contribution is -2.24. The lowest BCUT2D eigenvalue weighted by atomic mass is 9.82. The zero-order valence-corrected chi connectivity index (χ0v) is 23.6. The Balaban J connectivity index is 1.97. The average Bonchev–Trinajstić information content (AvgIpc) is 3.15. The number of nitrogens with zero attached hydrogens (tertiary/aromatic N) is 4. The number of benzene rings is 1. The molecular formula is C26H29ClN6O3S. The van der Waals surface area contributed by atoms with Crippen molar-refractivity contribution in [3.05, 3.63) is 68.6 Å². The van der Waals surface area contributed by atoms with Crippen molar-refractivity contribution < 1.29 is 13.2 Å². The molecule has 4 aromatic rings. The van der Waals surface area contributed by atoms with E-state index >= 15 is 0 Å². The van der Waals surface area contributed by atoms with Crippen molar-refractivity contribution in [3.8, 4) is 0 Å². The number of aromatic nitrogens is 5. The van der Waals surface area contributed by atoms with E-state index in [1.165, 1.54) is 18.2 Å². The van der Waals surface area contributed by atoms with Crippen LogP contribution in [0.5, 0.6) is 0 Å². The Morgan fingerprint density at radius 1 is 0.973 bits per heavy atom. The Hall–Kier alpha value is -3.37. The van der Waals surface area contributed by atoms with E-state index in [0.29, 0.717) is 44.7 Å². The summed E-state index contributed by atoms with van der Waals surface area (Å²) in [5.74, 6) is 0.392. The smallest absolute Gasteiger partial charge is 0.261 e. The van der Waals surface area contributed by atoms with E-state index in [1.54, 1.807) is 27.7 Å². The molecule has 9 nitrogen and oxygen atoms in total. The Labute approximate surface area is 221 Å². The van der Waals surface area contributed by atoms with Gasteiger partial charge in [-0.05, 0) is 74.9 Å². The van der Waals surface area contributed by atoms with Crippen molar-refractivity contribution in [1.29, 1.82) is 0 Å². The Morgan fingerprint density at radius 2 is 1.65 bits per heavy atom. The van der Waals surface area contributed by atoms with Gasteiger partial charge in [-0.15, -0.1) is 0 Å². The van der Waals surface area contributed by atoms with E-state index in [2.05, 4.69) is 29.6 Å². The molecule has 0 fully saturated rings. The fourth-order valence-corrected chi connectivity index (χ4v) is 5.96. The molecule has 11 heteroatoms. The number of aromatic amines is 1. The van der Waals surface area contributed by atoms with E-state index in [9.17, 15) is 13.2 Å². The van der Waals surface area contributed by atoms with Gasteiger partial charge in [-0.2, -0.15) is 0 Å². The molecule has 0 aliphatic heterocycles. The van der Waals surface area contributed by atoms with Crippen LogP contribution in [0.25, 0.3) is 11.2 Å². The highest BCUT2D eigenvalue weighted by molar-refractivity contribution is 7.92. The molecule has 0 spiro atoms. The van der Waals surface area contributed by atoms with Gasteiger partial charge in [0.25, 0.3) is 10.0 Å². The maximum Gasteiger partial charge on any atom is 0.261 e. The van der Waals surface area contributed by atoms with Gasteiger partial charge in [-0.1, -0.05) is 32.4 Å². The van der Waals surface area contributed by atoms with Gasteiger partial charge in [-0.3, -0.25) is 9.52 Å². The summed E-state index contributed by atoms with van der Waals surface area (Å²) in [4.78, 5) is 34.7. The maximum absolute atomic E-state index is 14.0. The highest BCUT2D eigenvalue weighted by Crippen LogP contribution is 2.36. The number of ketones is 1. The topological polar surface area (TPSA) is 131 Å². The van der Waals surface area contributed by atoms with E-state index in [-0.39, 0.29) is 27.4 Å². The van der Waals surface area contributed by atoms with Gasteiger partial charge >= 0.3 is 0 Å². The Bertz CT molecular complexity index is 1690. The molecule has 1 aromatic carbocycles. The Kier molecular flexibility index (Phi) is 6.62. The maximum atomic E-state index is 14.0. The molecule has 0 amide bonds. The second kappa shape index (κ2) is 9.18. The predicted octanol–water partition coefficient (Wildman–Crippen LogP) is 5.27. The second-order valence-electron chi connectivity index (χ2n) is 10.2. The minimum Gasteiger partial charge on any atom is -0.339 e. The van der Waals surface area contributed by atoms with Gasteiger partial charge in [0.05, 0.1) is 10.6 Å². The van der Waals surface area contributed by atoms with Gasteiger partial charge in [0.15, 0.2) is 5.65 Å². The molecule has 4 rings (SSSR count). The third kappa shape index (κ3) is 4.95. The fourth-order valence-electron chi connectivity index (χ4n) is 4.62. The first kappa shape index (κ1) is 26.7. The number of nitrogens with one attached hydrogen (secondary N) is 2. The van der Waals surface area contributed by atoms with Crippen LogP contribution < -0.4 is 4.72 Å². The first-order valence-corrected chi connectivity index (χ1v) is 13.5. The summed E-state index contributed by atoms with van der Waals surface area (Å²) in [5, 5.41) is 0.455. The number of rotatable bonds is 5. The number of H-pyrrole nitrogens is 1. The number of hydrogen-bond acceptors (Lipinski definition) is 7. The van der Waals surface area contributed by atoms with Crippen molar-refractivity contribution in [3.63, 3.8) is 0 Å². The molecule has 37 heavy (non-hydrogen) atoms. The summed E-state index contributed by atoms with van der Waals surface area (Å²) in [6.45, 7) is 14.8. The Morgan fingerprint density at radius 3 is 2.27 bits per heavy atom. The van der Waals surface area contributed by atoms with Crippen molar-refractivity contribution >= 4 is 44.3 Å². The largest absolute Gasteiger partial charge is 0.339 e. The van der Waals surface area contributed by atoms with Crippen LogP contribution in [-0.4, -0.2) is 39.1 Å². The van der Waals surface area contributed by atoms with Crippen LogP contribution in [0.1, 0.15) is 71.0 Å². The SMILES string of the molecule is Cc1nc(C(=O)c2nc(C)c(C(C)(C)C)c(C)c2NS(=O)(=O)c2ccc(Cl)c(C)c2)c2[nH]c(C)nc2n1. The van der Waals surface area contributed by atoms with Crippen LogP contribution in [0.4, 0.5) is 5.69 Å². The number of fused-ring (bicyclic) bond motifs is 1. The number of hydrogen-bond donors (Lipinski definition) is 2. The highest BCUT2D eigenvalue weighted by atomic mass is 35.5. The number of sulfonamides is 1. The summed E-state index contributed by atoms with van der Waals surface area (Å²) < 4.78 is 29.7. The molecule has 0 saturated heterocycles. The molecule has 0 aliphatic rings. The number of aryl methyl sites for hydroxylation is 4. The number of imidazole rings is 1. The zero-order valence-electron chi connectivity index (χ0n) is 22.0. The van der Waals surface area contributed by atoms with Crippen LogP contribution >= 0.6 is 11.6 Å². The van der Waals surface area contributed by atoms with Crippen LogP contribution in [0, 0.1) is 34.6 Å². The predicted molar refractivity (Wildman–Crippen MR) is 144 cm³/mol.